The van der Waals surface area contributed by atoms with Crippen molar-refractivity contribution in [1.29, 1.82) is 0 Å². The number of carbonyl (C=O) groups is 3. The van der Waals surface area contributed by atoms with Crippen LogP contribution in [-0.4, -0.2) is 32.4 Å². The number of hydrogen-bond acceptors (Lipinski definition) is 4. The lowest BCUT2D eigenvalue weighted by Crippen LogP contribution is -2.28. The lowest BCUT2D eigenvalue weighted by atomic mass is 10.0. The van der Waals surface area contributed by atoms with Crippen molar-refractivity contribution in [2.24, 2.45) is 0 Å². The first kappa shape index (κ1) is 21.8. The highest BCUT2D eigenvalue weighted by molar-refractivity contribution is 6.30. The van der Waals surface area contributed by atoms with Gasteiger partial charge in [0.2, 0.25) is 11.8 Å². The molecule has 1 N–H and O–H groups in total. The lowest BCUT2D eigenvalue weighted by Gasteiger charge is -2.15. The van der Waals surface area contributed by atoms with Gasteiger partial charge in [0.25, 0.3) is 5.91 Å². The fraction of sp³-hybridized carbons (Fsp3) is 0.250. The highest BCUT2D eigenvalue weighted by Gasteiger charge is 2.28. The molecule has 0 unspecified atom stereocenters. The molecule has 4 rings (SSSR count). The molecule has 7 nitrogen and oxygen atoms in total. The van der Waals surface area contributed by atoms with Gasteiger partial charge in [0.15, 0.2) is 0 Å². The summed E-state index contributed by atoms with van der Waals surface area (Å²) in [6.07, 6.45) is 2.10. The third kappa shape index (κ3) is 4.43. The summed E-state index contributed by atoms with van der Waals surface area (Å²) in [7, 11) is 0. The van der Waals surface area contributed by atoms with Crippen molar-refractivity contribution < 1.29 is 14.4 Å². The van der Waals surface area contributed by atoms with Crippen molar-refractivity contribution in [2.45, 2.75) is 39.2 Å². The van der Waals surface area contributed by atoms with Gasteiger partial charge in [0.05, 0.1) is 29.7 Å². The summed E-state index contributed by atoms with van der Waals surface area (Å²) >= 11 is 6.12. The van der Waals surface area contributed by atoms with Gasteiger partial charge in [-0.1, -0.05) is 43.6 Å². The summed E-state index contributed by atoms with van der Waals surface area (Å²) in [4.78, 5) is 37.9. The first-order valence-electron chi connectivity index (χ1n) is 10.4. The molecule has 0 bridgehead atoms. The summed E-state index contributed by atoms with van der Waals surface area (Å²) in [5.41, 5.74) is 3.49. The van der Waals surface area contributed by atoms with E-state index in [4.69, 9.17) is 11.6 Å². The summed E-state index contributed by atoms with van der Waals surface area (Å²) < 4.78 is 1.73. The van der Waals surface area contributed by atoms with Gasteiger partial charge in [-0.2, -0.15) is 5.10 Å². The van der Waals surface area contributed by atoms with E-state index in [1.807, 2.05) is 26.0 Å². The summed E-state index contributed by atoms with van der Waals surface area (Å²) in [6.45, 7) is 4.25. The van der Waals surface area contributed by atoms with Gasteiger partial charge in [-0.15, -0.1) is 0 Å². The maximum Gasteiger partial charge on any atom is 0.259 e. The van der Waals surface area contributed by atoms with Gasteiger partial charge < -0.3 is 5.32 Å². The van der Waals surface area contributed by atoms with Gasteiger partial charge in [-0.05, 0) is 41.8 Å². The van der Waals surface area contributed by atoms with Crippen molar-refractivity contribution >= 4 is 35.0 Å². The van der Waals surface area contributed by atoms with Crippen LogP contribution in [0.25, 0.3) is 5.69 Å². The van der Waals surface area contributed by atoms with Crippen LogP contribution in [0, 0.1) is 0 Å². The van der Waals surface area contributed by atoms with Gasteiger partial charge in [0.1, 0.15) is 0 Å². The second kappa shape index (κ2) is 8.96. The zero-order chi connectivity index (χ0) is 22.8. The third-order valence-corrected chi connectivity index (χ3v) is 5.59. The minimum Gasteiger partial charge on any atom is -0.322 e. The predicted octanol–water partition coefficient (Wildman–Crippen LogP) is 4.55. The Kier molecular flexibility index (Phi) is 6.10. The normalized spacial score (nSPS) is 13.8. The van der Waals surface area contributed by atoms with Crippen LogP contribution < -0.4 is 5.32 Å². The summed E-state index contributed by atoms with van der Waals surface area (Å²) in [6, 6.07) is 14.4. The standard InChI is InChI=1S/C24H23ClN4O3/c1-15(2)23-20(13-26-29(23)19-5-3-4-17(25)12-19)24(32)27-18-8-6-16(7-9-18)14-28-21(30)10-11-22(28)31/h3-9,12-13,15H,10-11,14H2,1-2H3,(H,27,32). The number of halogens is 1. The van der Waals surface area contributed by atoms with Gasteiger partial charge in [-0.3, -0.25) is 19.3 Å². The molecule has 3 amide bonds. The van der Waals surface area contributed by atoms with Crippen LogP contribution in [0.2, 0.25) is 5.02 Å². The van der Waals surface area contributed by atoms with E-state index in [2.05, 4.69) is 10.4 Å². The molecule has 1 saturated heterocycles. The zero-order valence-electron chi connectivity index (χ0n) is 17.8. The predicted molar refractivity (Wildman–Crippen MR) is 122 cm³/mol. The van der Waals surface area contributed by atoms with Crippen LogP contribution in [0.5, 0.6) is 0 Å². The molecule has 32 heavy (non-hydrogen) atoms. The number of rotatable bonds is 6. The molecule has 0 saturated carbocycles. The fourth-order valence-corrected chi connectivity index (χ4v) is 3.96. The Morgan fingerprint density at radius 3 is 2.41 bits per heavy atom. The minimum atomic E-state index is -0.264. The first-order chi connectivity index (χ1) is 15.3. The van der Waals surface area contributed by atoms with Gasteiger partial charge in [0, 0.05) is 23.6 Å². The van der Waals surface area contributed by atoms with Crippen LogP contribution in [0.1, 0.15) is 54.2 Å². The number of aromatic nitrogens is 2. The van der Waals surface area contributed by atoms with Crippen molar-refractivity contribution in [2.75, 3.05) is 5.32 Å². The Bertz CT molecular complexity index is 1170. The van der Waals surface area contributed by atoms with E-state index >= 15 is 0 Å². The molecule has 8 heteroatoms. The van der Waals surface area contributed by atoms with Crippen molar-refractivity contribution in [3.05, 3.63) is 76.6 Å². The summed E-state index contributed by atoms with van der Waals surface area (Å²) in [5.74, 6) is -0.509. The van der Waals surface area contributed by atoms with Gasteiger partial charge >= 0.3 is 0 Å². The molecule has 2 aromatic carbocycles. The SMILES string of the molecule is CC(C)c1c(C(=O)Nc2ccc(CN3C(=O)CCC3=O)cc2)cnn1-c1cccc(Cl)c1. The molecule has 0 aliphatic carbocycles. The third-order valence-electron chi connectivity index (χ3n) is 5.36. The molecule has 3 aromatic rings. The van der Waals surface area contributed by atoms with Crippen molar-refractivity contribution in [3.63, 3.8) is 0 Å². The Labute approximate surface area is 191 Å². The van der Waals surface area contributed by atoms with Crippen LogP contribution in [0.4, 0.5) is 5.69 Å². The number of carbonyl (C=O) groups excluding carboxylic acids is 3. The van der Waals surface area contributed by atoms with E-state index < -0.39 is 0 Å². The highest BCUT2D eigenvalue weighted by atomic mass is 35.5. The number of nitrogens with zero attached hydrogens (tertiary/aromatic N) is 3. The maximum absolute atomic E-state index is 13.0. The molecule has 0 spiro atoms. The van der Waals surface area contributed by atoms with E-state index in [-0.39, 0.29) is 43.0 Å². The van der Waals surface area contributed by atoms with Crippen molar-refractivity contribution in [1.82, 2.24) is 14.7 Å². The van der Waals surface area contributed by atoms with E-state index in [0.717, 1.165) is 16.9 Å². The van der Waals surface area contributed by atoms with Crippen LogP contribution in [0.3, 0.4) is 0 Å². The average Bonchev–Trinajstić information content (AvgIpc) is 3.34. The largest absolute Gasteiger partial charge is 0.322 e. The Hall–Kier alpha value is -3.45. The average molecular weight is 451 g/mol. The molecule has 0 atom stereocenters. The van der Waals surface area contributed by atoms with Gasteiger partial charge in [-0.25, -0.2) is 4.68 Å². The monoisotopic (exact) mass is 450 g/mol. The molecule has 1 aliphatic heterocycles. The second-order valence-corrected chi connectivity index (χ2v) is 8.45. The minimum absolute atomic E-state index is 0.0511. The number of nitrogens with one attached hydrogen (secondary N) is 1. The van der Waals surface area contributed by atoms with Crippen molar-refractivity contribution in [3.8, 4) is 5.69 Å². The molecule has 2 heterocycles. The number of anilines is 1. The number of benzene rings is 2. The van der Waals surface area contributed by atoms with E-state index in [1.165, 1.54) is 4.90 Å². The van der Waals surface area contributed by atoms with Crippen LogP contribution in [0.15, 0.2) is 54.7 Å². The van der Waals surface area contributed by atoms with Crippen LogP contribution in [-0.2, 0) is 16.1 Å². The lowest BCUT2D eigenvalue weighted by molar-refractivity contribution is -0.139. The number of likely N-dealkylation sites (tertiary alicyclic amines) is 1. The van der Waals surface area contributed by atoms with E-state index in [9.17, 15) is 14.4 Å². The quantitative estimate of drug-likeness (QED) is 0.558. The molecule has 164 valence electrons. The molecule has 1 aromatic heterocycles. The Morgan fingerprint density at radius 2 is 1.78 bits per heavy atom. The Balaban J connectivity index is 1.51. The molecular formula is C24H23ClN4O3. The smallest absolute Gasteiger partial charge is 0.259 e. The molecule has 1 aliphatic rings. The molecule has 0 radical (unpaired) electrons. The summed E-state index contributed by atoms with van der Waals surface area (Å²) in [5, 5.41) is 7.92. The zero-order valence-corrected chi connectivity index (χ0v) is 18.6. The highest BCUT2D eigenvalue weighted by Crippen LogP contribution is 2.25. The maximum atomic E-state index is 13.0. The first-order valence-corrected chi connectivity index (χ1v) is 10.8. The number of amides is 3. The Morgan fingerprint density at radius 1 is 1.09 bits per heavy atom. The fourth-order valence-electron chi connectivity index (χ4n) is 3.78. The number of imide groups is 1. The molecular weight excluding hydrogens is 428 g/mol. The molecule has 1 fully saturated rings. The second-order valence-electron chi connectivity index (χ2n) is 8.01. The number of hydrogen-bond donors (Lipinski definition) is 1. The van der Waals surface area contributed by atoms with Crippen LogP contribution >= 0.6 is 11.6 Å². The van der Waals surface area contributed by atoms with E-state index in [0.29, 0.717) is 16.3 Å². The van der Waals surface area contributed by atoms with E-state index in [1.54, 1.807) is 47.3 Å². The topological polar surface area (TPSA) is 84.3 Å².